The molecule has 28 heavy (non-hydrogen) atoms. The predicted octanol–water partition coefficient (Wildman–Crippen LogP) is 4.41. The largest absolute Gasteiger partial charge is 0.481 e. The summed E-state index contributed by atoms with van der Waals surface area (Å²) in [6.07, 6.45) is 8.02. The first-order chi connectivity index (χ1) is 13.4. The fourth-order valence-corrected chi connectivity index (χ4v) is 4.55. The topological polar surface area (TPSA) is 57.5 Å². The zero-order chi connectivity index (χ0) is 20.1. The summed E-state index contributed by atoms with van der Waals surface area (Å²) in [4.78, 5) is 16.2. The van der Waals surface area contributed by atoms with Gasteiger partial charge < -0.3 is 15.0 Å². The SMILES string of the molecule is CC(C)(CCCCCC(c1ccccc1Cl)[NH+]1CCc2[nH]ccc2C1)C(=O)O. The standard InChI is InChI=1S/C23H31ClN2O2/c1-23(2,22(27)28)13-7-3-4-10-21(18-8-5-6-9-19(18)24)26-15-12-20-17(16-26)11-14-25-20/h5-6,8-9,11,14,21,25H,3-4,7,10,12-13,15-16H2,1-2H3,(H,27,28)/p+1. The van der Waals surface area contributed by atoms with Crippen LogP contribution in [0.5, 0.6) is 0 Å². The lowest BCUT2D eigenvalue weighted by molar-refractivity contribution is -0.947. The number of carboxylic acids is 1. The van der Waals surface area contributed by atoms with Crippen molar-refractivity contribution in [1.82, 2.24) is 4.98 Å². The average Bonchev–Trinajstić information content (AvgIpc) is 3.13. The van der Waals surface area contributed by atoms with Gasteiger partial charge in [-0.1, -0.05) is 42.6 Å². The number of nitrogens with one attached hydrogen (secondary N) is 2. The van der Waals surface area contributed by atoms with Gasteiger partial charge >= 0.3 is 5.97 Å². The maximum atomic E-state index is 11.3. The Morgan fingerprint density at radius 1 is 1.25 bits per heavy atom. The molecular formula is C23H32ClN2O2+. The maximum Gasteiger partial charge on any atom is 0.309 e. The average molecular weight is 404 g/mol. The van der Waals surface area contributed by atoms with Crippen LogP contribution in [0.2, 0.25) is 5.02 Å². The van der Waals surface area contributed by atoms with Gasteiger partial charge in [-0.25, -0.2) is 0 Å². The molecule has 152 valence electrons. The number of aromatic nitrogens is 1. The number of aromatic amines is 1. The molecular weight excluding hydrogens is 372 g/mol. The molecule has 0 fully saturated rings. The minimum absolute atomic E-state index is 0.379. The molecule has 2 aromatic rings. The quantitative estimate of drug-likeness (QED) is 0.543. The van der Waals surface area contributed by atoms with Crippen molar-refractivity contribution in [2.24, 2.45) is 5.41 Å². The molecule has 0 radical (unpaired) electrons. The van der Waals surface area contributed by atoms with Gasteiger partial charge in [-0.05, 0) is 38.8 Å². The summed E-state index contributed by atoms with van der Waals surface area (Å²) in [5, 5.41) is 10.1. The molecule has 2 atom stereocenters. The number of hydrogen-bond acceptors (Lipinski definition) is 1. The highest BCUT2D eigenvalue weighted by molar-refractivity contribution is 6.31. The lowest BCUT2D eigenvalue weighted by Gasteiger charge is -2.32. The Hall–Kier alpha value is -1.78. The molecule has 0 bridgehead atoms. The van der Waals surface area contributed by atoms with Crippen molar-refractivity contribution >= 4 is 17.6 Å². The summed E-state index contributed by atoms with van der Waals surface area (Å²) >= 11 is 6.57. The van der Waals surface area contributed by atoms with Gasteiger partial charge in [-0.15, -0.1) is 0 Å². The van der Waals surface area contributed by atoms with E-state index >= 15 is 0 Å². The van der Waals surface area contributed by atoms with Crippen molar-refractivity contribution in [3.63, 3.8) is 0 Å². The number of rotatable bonds is 9. The van der Waals surface area contributed by atoms with E-state index in [1.807, 2.05) is 32.2 Å². The number of quaternary nitrogens is 1. The molecule has 2 heterocycles. The first-order valence-corrected chi connectivity index (χ1v) is 10.7. The second-order valence-electron chi connectivity index (χ2n) is 8.68. The lowest BCUT2D eigenvalue weighted by Crippen LogP contribution is -3.12. The maximum absolute atomic E-state index is 11.3. The number of fused-ring (bicyclic) bond motifs is 1. The summed E-state index contributed by atoms with van der Waals surface area (Å²) in [6, 6.07) is 10.8. The first-order valence-electron chi connectivity index (χ1n) is 10.4. The molecule has 0 spiro atoms. The number of halogens is 1. The number of unbranched alkanes of at least 4 members (excludes halogenated alkanes) is 2. The Morgan fingerprint density at radius 2 is 2.04 bits per heavy atom. The van der Waals surface area contributed by atoms with Gasteiger partial charge in [0.1, 0.15) is 12.6 Å². The Kier molecular flexibility index (Phi) is 6.84. The van der Waals surface area contributed by atoms with E-state index in [1.165, 1.54) is 16.8 Å². The summed E-state index contributed by atoms with van der Waals surface area (Å²) in [6.45, 7) is 5.76. The van der Waals surface area contributed by atoms with Crippen LogP contribution in [0.15, 0.2) is 36.5 Å². The number of aliphatic carboxylic acids is 1. The summed E-state index contributed by atoms with van der Waals surface area (Å²) in [5.41, 5.74) is 3.40. The van der Waals surface area contributed by atoms with E-state index in [0.717, 1.165) is 56.6 Å². The van der Waals surface area contributed by atoms with E-state index in [1.54, 1.807) is 4.90 Å². The third-order valence-corrected chi connectivity index (χ3v) is 6.53. The second kappa shape index (κ2) is 9.15. The third-order valence-electron chi connectivity index (χ3n) is 6.19. The van der Waals surface area contributed by atoms with E-state index in [9.17, 15) is 9.90 Å². The predicted molar refractivity (Wildman–Crippen MR) is 113 cm³/mol. The monoisotopic (exact) mass is 403 g/mol. The number of H-pyrrole nitrogens is 1. The van der Waals surface area contributed by atoms with Crippen molar-refractivity contribution in [3.05, 3.63) is 58.4 Å². The highest BCUT2D eigenvalue weighted by Gasteiger charge is 2.30. The molecule has 3 rings (SSSR count). The second-order valence-corrected chi connectivity index (χ2v) is 9.09. The molecule has 1 aliphatic rings. The first kappa shape index (κ1) is 20.9. The number of carbonyl (C=O) groups is 1. The van der Waals surface area contributed by atoms with Crippen molar-refractivity contribution in [1.29, 1.82) is 0 Å². The van der Waals surface area contributed by atoms with E-state index in [0.29, 0.717) is 6.04 Å². The summed E-state index contributed by atoms with van der Waals surface area (Å²) < 4.78 is 0. The van der Waals surface area contributed by atoms with E-state index in [2.05, 4.69) is 23.2 Å². The zero-order valence-electron chi connectivity index (χ0n) is 16.9. The molecule has 1 aromatic carbocycles. The van der Waals surface area contributed by atoms with Gasteiger partial charge in [0.05, 0.1) is 12.0 Å². The number of carboxylic acid groups (broad SMARTS) is 1. The van der Waals surface area contributed by atoms with E-state index < -0.39 is 11.4 Å². The molecule has 0 saturated carbocycles. The minimum atomic E-state index is -0.707. The molecule has 2 unspecified atom stereocenters. The highest BCUT2D eigenvalue weighted by Crippen LogP contribution is 2.28. The molecule has 0 aliphatic carbocycles. The van der Waals surface area contributed by atoms with Gasteiger partial charge in [0.25, 0.3) is 0 Å². The van der Waals surface area contributed by atoms with Crippen LogP contribution in [0, 0.1) is 5.41 Å². The fourth-order valence-electron chi connectivity index (χ4n) is 4.29. The Balaban J connectivity index is 1.63. The Morgan fingerprint density at radius 3 is 2.79 bits per heavy atom. The van der Waals surface area contributed by atoms with Crippen molar-refractivity contribution in [2.45, 2.75) is 65.0 Å². The minimum Gasteiger partial charge on any atom is -0.481 e. The van der Waals surface area contributed by atoms with Crippen LogP contribution in [0.25, 0.3) is 0 Å². The lowest BCUT2D eigenvalue weighted by atomic mass is 9.86. The van der Waals surface area contributed by atoms with Gasteiger partial charge in [0.2, 0.25) is 0 Å². The van der Waals surface area contributed by atoms with Crippen LogP contribution in [-0.4, -0.2) is 22.6 Å². The normalized spacial score (nSPS) is 17.9. The molecule has 0 saturated heterocycles. The number of hydrogen-bond donors (Lipinski definition) is 3. The van der Waals surface area contributed by atoms with Crippen LogP contribution in [0.1, 0.15) is 68.8 Å². The Bertz CT molecular complexity index is 799. The number of benzene rings is 1. The van der Waals surface area contributed by atoms with Crippen molar-refractivity contribution in [2.75, 3.05) is 6.54 Å². The van der Waals surface area contributed by atoms with Crippen molar-refractivity contribution < 1.29 is 14.8 Å². The summed E-state index contributed by atoms with van der Waals surface area (Å²) in [7, 11) is 0. The highest BCUT2D eigenvalue weighted by atomic mass is 35.5. The van der Waals surface area contributed by atoms with Crippen LogP contribution < -0.4 is 4.90 Å². The van der Waals surface area contributed by atoms with E-state index in [4.69, 9.17) is 11.6 Å². The van der Waals surface area contributed by atoms with Gasteiger partial charge in [0, 0.05) is 40.9 Å². The third kappa shape index (κ3) is 4.98. The molecule has 0 amide bonds. The molecule has 4 nitrogen and oxygen atoms in total. The van der Waals surface area contributed by atoms with Crippen LogP contribution in [0.3, 0.4) is 0 Å². The van der Waals surface area contributed by atoms with Gasteiger partial charge in [0.15, 0.2) is 0 Å². The Labute approximate surface area is 172 Å². The van der Waals surface area contributed by atoms with Crippen LogP contribution in [-0.2, 0) is 17.8 Å². The fraction of sp³-hybridized carbons (Fsp3) is 0.522. The zero-order valence-corrected chi connectivity index (χ0v) is 17.7. The van der Waals surface area contributed by atoms with Gasteiger partial charge in [-0.2, -0.15) is 0 Å². The van der Waals surface area contributed by atoms with Gasteiger partial charge in [-0.3, -0.25) is 4.79 Å². The molecule has 1 aliphatic heterocycles. The smallest absolute Gasteiger partial charge is 0.309 e. The van der Waals surface area contributed by atoms with Crippen LogP contribution in [0.4, 0.5) is 0 Å². The summed E-state index contributed by atoms with van der Waals surface area (Å²) in [5.74, 6) is -0.707. The van der Waals surface area contributed by atoms with E-state index in [-0.39, 0.29) is 0 Å². The van der Waals surface area contributed by atoms with Crippen LogP contribution >= 0.6 is 11.6 Å². The molecule has 3 N–H and O–H groups in total. The van der Waals surface area contributed by atoms with Crippen molar-refractivity contribution in [3.8, 4) is 0 Å². The molecule has 1 aromatic heterocycles. The molecule has 5 heteroatoms.